The maximum Gasteiger partial charge on any atom is 2.00 e. The van der Waals surface area contributed by atoms with Crippen molar-refractivity contribution in [1.82, 2.24) is 0 Å². The van der Waals surface area contributed by atoms with E-state index in [1.54, 1.807) is 0 Å². The molecule has 23 heavy (non-hydrogen) atoms. The van der Waals surface area contributed by atoms with Gasteiger partial charge in [-0.25, -0.2) is 6.04 Å². The number of hydrogen-bond donors (Lipinski definition) is 0. The number of nitrogens with zero attached hydrogens (tertiary/aromatic N) is 1. The Hall–Kier alpha value is -1.15. The van der Waals surface area contributed by atoms with E-state index in [0.29, 0.717) is 0 Å². The van der Waals surface area contributed by atoms with Crippen LogP contribution in [0.25, 0.3) is 5.32 Å². The summed E-state index contributed by atoms with van der Waals surface area (Å²) in [6.45, 7) is 4.20. The molecule has 0 aromatic heterocycles. The average Bonchev–Trinajstić information content (AvgIpc) is 2.56. The van der Waals surface area contributed by atoms with Crippen LogP contribution in [0.15, 0.2) is 78.9 Å². The van der Waals surface area contributed by atoms with E-state index >= 15 is 0 Å². The van der Waals surface area contributed by atoms with E-state index in [1.165, 1.54) is 11.1 Å². The number of para-hydroxylation sites is 1. The summed E-state index contributed by atoms with van der Waals surface area (Å²) in [5, 5.41) is 4.88. The van der Waals surface area contributed by atoms with E-state index in [4.69, 9.17) is 5.32 Å². The van der Waals surface area contributed by atoms with Gasteiger partial charge in [0.25, 0.3) is 0 Å². The van der Waals surface area contributed by atoms with Crippen molar-refractivity contribution in [3.63, 3.8) is 0 Å². The maximum atomic E-state index is 4.88. The van der Waals surface area contributed by atoms with Crippen LogP contribution in [0.4, 0.5) is 5.69 Å². The third-order valence-corrected chi connectivity index (χ3v) is 3.65. The maximum absolute atomic E-state index is 4.88. The molecule has 0 atom stereocenters. The van der Waals surface area contributed by atoms with Crippen LogP contribution in [0.1, 0.15) is 22.3 Å². The second kappa shape index (κ2) is 8.63. The summed E-state index contributed by atoms with van der Waals surface area (Å²) in [6, 6.07) is 28.2. The molecule has 0 saturated carbocycles. The largest absolute Gasteiger partial charge is 2.00 e. The average molecular weight is 458 g/mol. The van der Waals surface area contributed by atoms with Gasteiger partial charge in [-0.3, -0.25) is 0 Å². The second-order valence-electron chi connectivity index (χ2n) is 5.53. The summed E-state index contributed by atoms with van der Waals surface area (Å²) in [7, 11) is 0. The Labute approximate surface area is 177 Å². The SMILES string of the molecule is Cc1ccc([C-]([N-]c2ccccc2)c2ccc(C)cc2)cc1.[Yb+2]. The Kier molecular flexibility index (Phi) is 6.83. The Morgan fingerprint density at radius 3 is 1.48 bits per heavy atom. The van der Waals surface area contributed by atoms with Crippen molar-refractivity contribution in [3.05, 3.63) is 112 Å². The first-order chi connectivity index (χ1) is 10.7. The Morgan fingerprint density at radius 2 is 1.04 bits per heavy atom. The Balaban J connectivity index is 0.00000192. The number of benzene rings is 3. The summed E-state index contributed by atoms with van der Waals surface area (Å²) in [5.74, 6) is 0. The predicted octanol–water partition coefficient (Wildman–Crippen LogP) is 5.94. The van der Waals surface area contributed by atoms with Crippen LogP contribution in [0.2, 0.25) is 0 Å². The molecule has 0 aliphatic rings. The summed E-state index contributed by atoms with van der Waals surface area (Å²) in [6.07, 6.45) is 0. The Bertz CT molecular complexity index is 673. The van der Waals surface area contributed by atoms with Crippen LogP contribution in [-0.2, 0) is 0 Å². The fourth-order valence-electron chi connectivity index (χ4n) is 2.35. The van der Waals surface area contributed by atoms with Crippen LogP contribution in [0.3, 0.4) is 0 Å². The molecule has 0 N–H and O–H groups in total. The Morgan fingerprint density at radius 1 is 0.609 bits per heavy atom. The topological polar surface area (TPSA) is 14.1 Å². The van der Waals surface area contributed by atoms with Gasteiger partial charge in [-0.15, -0.1) is 41.1 Å². The first-order valence-corrected chi connectivity index (χ1v) is 7.50. The first-order valence-electron chi connectivity index (χ1n) is 7.50. The molecule has 0 unspecified atom stereocenters. The van der Waals surface area contributed by atoms with Gasteiger partial charge in [-0.1, -0.05) is 65.7 Å². The molecule has 0 heterocycles. The van der Waals surface area contributed by atoms with E-state index < -0.39 is 0 Å². The second-order valence-corrected chi connectivity index (χ2v) is 5.53. The van der Waals surface area contributed by atoms with Crippen LogP contribution in [0.5, 0.6) is 0 Å². The van der Waals surface area contributed by atoms with Crippen LogP contribution < -0.4 is 0 Å². The molecular formula is C21H19NYb. The van der Waals surface area contributed by atoms with Crippen molar-refractivity contribution in [2.24, 2.45) is 0 Å². The van der Waals surface area contributed by atoms with Crippen LogP contribution >= 0.6 is 0 Å². The summed E-state index contributed by atoms with van der Waals surface area (Å²) in [5.41, 5.74) is 5.76. The van der Waals surface area contributed by atoms with Gasteiger partial charge >= 0.3 is 46.9 Å². The normalized spacial score (nSPS) is 9.83. The minimum atomic E-state index is 0. The molecule has 0 saturated heterocycles. The van der Waals surface area contributed by atoms with Crippen molar-refractivity contribution in [2.75, 3.05) is 0 Å². The molecule has 0 radical (unpaired) electrons. The standard InChI is InChI=1S/C21H19N.Yb/c1-16-8-12-18(13-9-16)21(19-14-10-17(2)11-15-19)22-20-6-4-3-5-7-20;/h3-15H,1-2H3;/q-2;+2. The van der Waals surface area contributed by atoms with Crippen molar-refractivity contribution in [3.8, 4) is 0 Å². The van der Waals surface area contributed by atoms with E-state index in [1.807, 2.05) is 30.3 Å². The van der Waals surface area contributed by atoms with E-state index in [9.17, 15) is 0 Å². The number of aryl methyl sites for hydroxylation is 2. The predicted molar refractivity (Wildman–Crippen MR) is 93.3 cm³/mol. The zero-order valence-electron chi connectivity index (χ0n) is 13.2. The molecule has 1 nitrogen and oxygen atoms in total. The van der Waals surface area contributed by atoms with Crippen molar-refractivity contribution in [1.29, 1.82) is 0 Å². The monoisotopic (exact) mass is 459 g/mol. The zero-order chi connectivity index (χ0) is 15.4. The summed E-state index contributed by atoms with van der Waals surface area (Å²) in [4.78, 5) is 0. The van der Waals surface area contributed by atoms with Gasteiger partial charge in [0.05, 0.1) is 0 Å². The minimum Gasteiger partial charge on any atom is -0.693 e. The summed E-state index contributed by atoms with van der Waals surface area (Å²) >= 11 is 0. The van der Waals surface area contributed by atoms with Crippen LogP contribution in [0, 0.1) is 66.8 Å². The first kappa shape index (κ1) is 18.2. The van der Waals surface area contributed by atoms with Gasteiger partial charge in [0, 0.05) is 0 Å². The molecule has 0 spiro atoms. The van der Waals surface area contributed by atoms with Gasteiger partial charge in [0.15, 0.2) is 0 Å². The van der Waals surface area contributed by atoms with E-state index in [2.05, 4.69) is 62.4 Å². The molecule has 3 rings (SSSR count). The fourth-order valence-corrected chi connectivity index (χ4v) is 2.35. The van der Waals surface area contributed by atoms with E-state index in [0.717, 1.165) is 22.9 Å². The molecule has 0 bridgehead atoms. The zero-order valence-corrected chi connectivity index (χ0v) is 14.9. The molecule has 0 aliphatic heterocycles. The van der Waals surface area contributed by atoms with Crippen molar-refractivity contribution in [2.45, 2.75) is 13.8 Å². The van der Waals surface area contributed by atoms with E-state index in [-0.39, 0.29) is 46.9 Å². The molecule has 0 fully saturated rings. The van der Waals surface area contributed by atoms with Crippen molar-refractivity contribution >= 4 is 5.69 Å². The number of rotatable bonds is 4. The van der Waals surface area contributed by atoms with Gasteiger partial charge in [0.1, 0.15) is 0 Å². The van der Waals surface area contributed by atoms with Crippen LogP contribution in [-0.4, -0.2) is 0 Å². The third-order valence-electron chi connectivity index (χ3n) is 3.65. The summed E-state index contributed by atoms with van der Waals surface area (Å²) < 4.78 is 0. The van der Waals surface area contributed by atoms with Gasteiger partial charge in [0.2, 0.25) is 0 Å². The third kappa shape index (κ3) is 4.91. The van der Waals surface area contributed by atoms with Gasteiger partial charge in [-0.05, 0) is 13.8 Å². The molecular weight excluding hydrogens is 439 g/mol. The molecule has 0 amide bonds. The molecule has 2 heteroatoms. The molecule has 122 valence electrons. The van der Waals surface area contributed by atoms with Gasteiger partial charge < -0.3 is 5.32 Å². The van der Waals surface area contributed by atoms with Crippen molar-refractivity contribution < 1.29 is 46.9 Å². The quantitative estimate of drug-likeness (QED) is 0.430. The molecule has 3 aromatic carbocycles. The number of hydrogen-bond acceptors (Lipinski definition) is 0. The molecule has 3 aromatic rings. The smallest absolute Gasteiger partial charge is 0.693 e. The van der Waals surface area contributed by atoms with Gasteiger partial charge in [-0.2, -0.15) is 0 Å². The molecule has 0 aliphatic carbocycles. The fraction of sp³-hybridized carbons (Fsp3) is 0.0952. The minimum absolute atomic E-state index is 0.